The number of aryl methyl sites for hydroxylation is 1. The number of nitrogens with one attached hydrogen (secondary N) is 1. The lowest BCUT2D eigenvalue weighted by atomic mass is 9.49. The van der Waals surface area contributed by atoms with E-state index in [0.717, 1.165) is 55.4 Å². The summed E-state index contributed by atoms with van der Waals surface area (Å²) < 4.78 is 22.5. The molecule has 4 aliphatic carbocycles. The van der Waals surface area contributed by atoms with Gasteiger partial charge >= 0.3 is 0 Å². The van der Waals surface area contributed by atoms with Gasteiger partial charge in [-0.2, -0.15) is 0 Å². The van der Waals surface area contributed by atoms with Gasteiger partial charge in [-0.3, -0.25) is 4.79 Å². The minimum absolute atomic E-state index is 0.0775. The number of amides is 1. The molecule has 6 heteroatoms. The molecule has 0 aliphatic heterocycles. The second-order valence-electron chi connectivity index (χ2n) is 8.75. The lowest BCUT2D eigenvalue weighted by Gasteiger charge is -2.55. The number of primary sulfonamides is 1. The number of nitrogens with two attached hydrogens (primary N) is 1. The number of carbonyl (C=O) groups is 1. The number of benzene rings is 1. The maximum atomic E-state index is 12.9. The van der Waals surface area contributed by atoms with Gasteiger partial charge in [0.05, 0.1) is 4.90 Å². The van der Waals surface area contributed by atoms with Crippen molar-refractivity contribution in [2.24, 2.45) is 28.3 Å². The molecule has 0 unspecified atom stereocenters. The quantitative estimate of drug-likeness (QED) is 0.748. The average Bonchev–Trinajstić information content (AvgIpc) is 2.57. The minimum Gasteiger partial charge on any atom is -0.356 e. The van der Waals surface area contributed by atoms with Crippen LogP contribution in [0.15, 0.2) is 29.2 Å². The van der Waals surface area contributed by atoms with Gasteiger partial charge in [0.15, 0.2) is 0 Å². The van der Waals surface area contributed by atoms with Crippen LogP contribution in [-0.2, 0) is 21.2 Å². The van der Waals surface area contributed by atoms with Crippen LogP contribution in [0.4, 0.5) is 0 Å². The molecular formula is C20H28N2O3S. The lowest BCUT2D eigenvalue weighted by Crippen LogP contribution is -2.53. The van der Waals surface area contributed by atoms with Gasteiger partial charge in [-0.05, 0) is 86.8 Å². The first-order valence-electron chi connectivity index (χ1n) is 9.74. The predicted octanol–water partition coefficient (Wildman–Crippen LogP) is 2.60. The lowest BCUT2D eigenvalue weighted by molar-refractivity contribution is -0.146. The summed E-state index contributed by atoms with van der Waals surface area (Å²) in [5.74, 6) is 2.62. The fourth-order valence-electron chi connectivity index (χ4n) is 5.92. The van der Waals surface area contributed by atoms with Crippen molar-refractivity contribution in [3.8, 4) is 0 Å². The summed E-state index contributed by atoms with van der Waals surface area (Å²) in [5, 5.41) is 8.30. The standard InChI is InChI=1S/C20H28N2O3S/c21-26(24,25)18-5-3-14(4-6-18)2-1-7-22-19(23)20-11-15-8-16(12-20)10-17(9-15)13-20/h3-6,15-17H,1-2,7-13H2,(H,22,23)(H2,21,24,25). The highest BCUT2D eigenvalue weighted by molar-refractivity contribution is 7.89. The Kier molecular flexibility index (Phi) is 4.59. The van der Waals surface area contributed by atoms with Crippen LogP contribution in [0.25, 0.3) is 0 Å². The average molecular weight is 377 g/mol. The zero-order chi connectivity index (χ0) is 18.4. The highest BCUT2D eigenvalue weighted by atomic mass is 32.2. The monoisotopic (exact) mass is 376 g/mol. The van der Waals surface area contributed by atoms with Crippen LogP contribution in [0.5, 0.6) is 0 Å². The maximum Gasteiger partial charge on any atom is 0.238 e. The van der Waals surface area contributed by atoms with Crippen LogP contribution in [0, 0.1) is 23.2 Å². The van der Waals surface area contributed by atoms with Gasteiger partial charge < -0.3 is 5.32 Å². The number of rotatable bonds is 6. The summed E-state index contributed by atoms with van der Waals surface area (Å²) in [6.45, 7) is 0.678. The normalized spacial score (nSPS) is 32.6. The van der Waals surface area contributed by atoms with E-state index in [1.54, 1.807) is 24.3 Å². The van der Waals surface area contributed by atoms with E-state index in [-0.39, 0.29) is 16.2 Å². The molecule has 0 saturated heterocycles. The second kappa shape index (κ2) is 6.64. The van der Waals surface area contributed by atoms with Gasteiger partial charge in [0.2, 0.25) is 15.9 Å². The number of carbonyl (C=O) groups excluding carboxylic acids is 1. The largest absolute Gasteiger partial charge is 0.356 e. The number of hydrogen-bond acceptors (Lipinski definition) is 3. The number of hydrogen-bond donors (Lipinski definition) is 2. The summed E-state index contributed by atoms with van der Waals surface area (Å²) in [4.78, 5) is 13.0. The molecule has 5 rings (SSSR count). The van der Waals surface area contributed by atoms with Crippen LogP contribution in [0.3, 0.4) is 0 Å². The third-order valence-corrected chi connectivity index (χ3v) is 7.63. The van der Waals surface area contributed by atoms with Crippen LogP contribution >= 0.6 is 0 Å². The molecule has 4 bridgehead atoms. The van der Waals surface area contributed by atoms with Crippen LogP contribution in [0.2, 0.25) is 0 Å². The summed E-state index contributed by atoms with van der Waals surface area (Å²) in [5.41, 5.74) is 0.979. The van der Waals surface area contributed by atoms with Crippen molar-refractivity contribution in [1.82, 2.24) is 5.32 Å². The molecule has 26 heavy (non-hydrogen) atoms. The summed E-state index contributed by atoms with van der Waals surface area (Å²) >= 11 is 0. The van der Waals surface area contributed by atoms with E-state index in [0.29, 0.717) is 6.54 Å². The topological polar surface area (TPSA) is 89.3 Å². The molecular weight excluding hydrogens is 348 g/mol. The van der Waals surface area contributed by atoms with Gasteiger partial charge in [0.25, 0.3) is 0 Å². The van der Waals surface area contributed by atoms with E-state index >= 15 is 0 Å². The van der Waals surface area contributed by atoms with Crippen molar-refractivity contribution < 1.29 is 13.2 Å². The first-order chi connectivity index (χ1) is 12.3. The Bertz CT molecular complexity index is 750. The van der Waals surface area contributed by atoms with Crippen molar-refractivity contribution in [3.63, 3.8) is 0 Å². The maximum absolute atomic E-state index is 12.9. The highest BCUT2D eigenvalue weighted by Gasteiger charge is 2.54. The molecule has 3 N–H and O–H groups in total. The molecule has 0 heterocycles. The van der Waals surface area contributed by atoms with Crippen molar-refractivity contribution in [2.75, 3.05) is 6.54 Å². The molecule has 0 radical (unpaired) electrons. The fraction of sp³-hybridized carbons (Fsp3) is 0.650. The van der Waals surface area contributed by atoms with Gasteiger partial charge in [-0.15, -0.1) is 0 Å². The molecule has 4 fully saturated rings. The van der Waals surface area contributed by atoms with Crippen molar-refractivity contribution >= 4 is 15.9 Å². The van der Waals surface area contributed by atoms with E-state index in [2.05, 4.69) is 5.32 Å². The van der Waals surface area contributed by atoms with Gasteiger partial charge in [0.1, 0.15) is 0 Å². The third kappa shape index (κ3) is 3.54. The van der Waals surface area contributed by atoms with Gasteiger partial charge in [0, 0.05) is 12.0 Å². The molecule has 0 aromatic heterocycles. The Balaban J connectivity index is 1.27. The molecule has 4 saturated carbocycles. The predicted molar refractivity (Wildman–Crippen MR) is 99.8 cm³/mol. The highest BCUT2D eigenvalue weighted by Crippen LogP contribution is 2.60. The first-order valence-corrected chi connectivity index (χ1v) is 11.3. The molecule has 0 spiro atoms. The van der Waals surface area contributed by atoms with Crippen molar-refractivity contribution in [1.29, 1.82) is 0 Å². The van der Waals surface area contributed by atoms with Crippen molar-refractivity contribution in [3.05, 3.63) is 29.8 Å². The third-order valence-electron chi connectivity index (χ3n) is 6.70. The molecule has 0 atom stereocenters. The van der Waals surface area contributed by atoms with E-state index < -0.39 is 10.0 Å². The summed E-state index contributed by atoms with van der Waals surface area (Å²) in [6.07, 6.45) is 9.00. The summed E-state index contributed by atoms with van der Waals surface area (Å²) in [7, 11) is -3.64. The Hall–Kier alpha value is -1.40. The second-order valence-corrected chi connectivity index (χ2v) is 10.3. The van der Waals surface area contributed by atoms with E-state index in [1.807, 2.05) is 0 Å². The number of sulfonamides is 1. The summed E-state index contributed by atoms with van der Waals surface area (Å²) in [6, 6.07) is 6.67. The smallest absolute Gasteiger partial charge is 0.238 e. The molecule has 5 nitrogen and oxygen atoms in total. The van der Waals surface area contributed by atoms with Crippen molar-refractivity contribution in [2.45, 2.75) is 56.3 Å². The van der Waals surface area contributed by atoms with Crippen LogP contribution < -0.4 is 10.5 Å². The van der Waals surface area contributed by atoms with E-state index in [4.69, 9.17) is 5.14 Å². The zero-order valence-electron chi connectivity index (χ0n) is 15.1. The van der Waals surface area contributed by atoms with E-state index in [1.165, 1.54) is 19.3 Å². The van der Waals surface area contributed by atoms with Crippen LogP contribution in [-0.4, -0.2) is 20.9 Å². The molecule has 1 aromatic carbocycles. The Labute approximate surface area is 155 Å². The van der Waals surface area contributed by atoms with Gasteiger partial charge in [-0.25, -0.2) is 13.6 Å². The zero-order valence-corrected chi connectivity index (χ0v) is 15.9. The molecule has 1 aromatic rings. The Morgan fingerprint density at radius 3 is 2.08 bits per heavy atom. The Morgan fingerprint density at radius 1 is 1.04 bits per heavy atom. The fourth-order valence-corrected chi connectivity index (χ4v) is 6.43. The first kappa shape index (κ1) is 18.0. The molecule has 142 valence electrons. The van der Waals surface area contributed by atoms with E-state index in [9.17, 15) is 13.2 Å². The SMILES string of the molecule is NS(=O)(=O)c1ccc(CCCNC(=O)C23CC4CC(CC(C4)C2)C3)cc1. The van der Waals surface area contributed by atoms with Crippen LogP contribution in [0.1, 0.15) is 50.5 Å². The molecule has 4 aliphatic rings. The van der Waals surface area contributed by atoms with Gasteiger partial charge in [-0.1, -0.05) is 12.1 Å². The molecule has 1 amide bonds. The Morgan fingerprint density at radius 2 is 1.58 bits per heavy atom. The minimum atomic E-state index is -3.64.